The molecule has 0 radical (unpaired) electrons. The number of pyridine rings is 1. The molecule has 0 spiro atoms. The average Bonchev–Trinajstić information content (AvgIpc) is 2.36. The Morgan fingerprint density at radius 3 is 2.38 bits per heavy atom. The van der Waals surface area contributed by atoms with Crippen molar-refractivity contribution >= 4 is 31.6 Å². The number of nitrogens with one attached hydrogen (secondary N) is 1. The van der Waals surface area contributed by atoms with Gasteiger partial charge in [0, 0.05) is 16.7 Å². The number of benzene rings is 1. The molecular formula is C12H9BrF2N2O3S. The molecule has 9 heteroatoms. The maximum Gasteiger partial charge on any atom is 0.267 e. The molecule has 5 nitrogen and oxygen atoms in total. The van der Waals surface area contributed by atoms with Gasteiger partial charge in [0.25, 0.3) is 10.0 Å². The van der Waals surface area contributed by atoms with Gasteiger partial charge in [0.15, 0.2) is 4.90 Å². The van der Waals surface area contributed by atoms with E-state index in [0.29, 0.717) is 10.5 Å². The molecule has 1 N–H and O–H groups in total. The molecule has 21 heavy (non-hydrogen) atoms. The minimum atomic E-state index is -4.11. The summed E-state index contributed by atoms with van der Waals surface area (Å²) in [5, 5.41) is 0. The Morgan fingerprint density at radius 2 is 1.81 bits per heavy atom. The fraction of sp³-hybridized carbons (Fsp3) is 0.0833. The van der Waals surface area contributed by atoms with Crippen molar-refractivity contribution in [2.75, 3.05) is 11.8 Å². The number of hydrogen-bond acceptors (Lipinski definition) is 4. The number of methoxy groups -OCH3 is 1. The third kappa shape index (κ3) is 3.67. The van der Waals surface area contributed by atoms with Crippen molar-refractivity contribution < 1.29 is 21.9 Å². The predicted octanol–water partition coefficient (Wildman–Crippen LogP) is 2.93. The largest absolute Gasteiger partial charge is 0.480 e. The summed E-state index contributed by atoms with van der Waals surface area (Å²) >= 11 is 3.10. The summed E-state index contributed by atoms with van der Waals surface area (Å²) in [7, 11) is -2.85. The Bertz CT molecular complexity index is 764. The standard InChI is InChI=1S/C12H9BrF2N2O3S/c1-20-12-11(2-7(13)6-16-12)21(18,19)17-10-4-8(14)3-9(15)5-10/h2-6,17H,1H3. The minimum absolute atomic E-state index is 0.137. The van der Waals surface area contributed by atoms with Crippen molar-refractivity contribution in [3.63, 3.8) is 0 Å². The van der Waals surface area contributed by atoms with Gasteiger partial charge in [-0.1, -0.05) is 0 Å². The van der Waals surface area contributed by atoms with Gasteiger partial charge in [0.1, 0.15) is 11.6 Å². The molecule has 2 rings (SSSR count). The number of sulfonamides is 1. The van der Waals surface area contributed by atoms with Crippen LogP contribution < -0.4 is 9.46 Å². The van der Waals surface area contributed by atoms with Crippen molar-refractivity contribution in [1.82, 2.24) is 4.98 Å². The second-order valence-corrected chi connectivity index (χ2v) is 6.49. The van der Waals surface area contributed by atoms with Crippen molar-refractivity contribution in [2.45, 2.75) is 4.90 Å². The lowest BCUT2D eigenvalue weighted by Crippen LogP contribution is -2.15. The van der Waals surface area contributed by atoms with Crippen molar-refractivity contribution in [3.8, 4) is 5.88 Å². The number of aromatic nitrogens is 1. The van der Waals surface area contributed by atoms with Crippen LogP contribution >= 0.6 is 15.9 Å². The SMILES string of the molecule is COc1ncc(Br)cc1S(=O)(=O)Nc1cc(F)cc(F)c1. The number of ether oxygens (including phenoxy) is 1. The summed E-state index contributed by atoms with van der Waals surface area (Å²) in [6.45, 7) is 0. The van der Waals surface area contributed by atoms with Crippen LogP contribution in [0.1, 0.15) is 0 Å². The first-order chi connectivity index (χ1) is 9.81. The van der Waals surface area contributed by atoms with Crippen molar-refractivity contribution in [2.24, 2.45) is 0 Å². The Hall–Kier alpha value is -1.74. The number of hydrogen-bond donors (Lipinski definition) is 1. The van der Waals surface area contributed by atoms with Gasteiger partial charge in [-0.25, -0.2) is 22.2 Å². The molecule has 0 bridgehead atoms. The molecule has 0 unspecified atom stereocenters. The van der Waals surface area contributed by atoms with Crippen molar-refractivity contribution in [1.29, 1.82) is 0 Å². The van der Waals surface area contributed by atoms with E-state index < -0.39 is 21.7 Å². The monoisotopic (exact) mass is 378 g/mol. The van der Waals surface area contributed by atoms with Crippen LogP contribution in [0.25, 0.3) is 0 Å². The van der Waals surface area contributed by atoms with E-state index in [-0.39, 0.29) is 16.5 Å². The average molecular weight is 379 g/mol. The van der Waals surface area contributed by atoms with E-state index in [9.17, 15) is 17.2 Å². The van der Waals surface area contributed by atoms with E-state index in [1.165, 1.54) is 19.4 Å². The van der Waals surface area contributed by atoms with Crippen molar-refractivity contribution in [3.05, 3.63) is 46.6 Å². The number of nitrogens with zero attached hydrogens (tertiary/aromatic N) is 1. The molecule has 0 aliphatic rings. The summed E-state index contributed by atoms with van der Waals surface area (Å²) < 4.78 is 58.1. The highest BCUT2D eigenvalue weighted by Gasteiger charge is 2.22. The summed E-state index contributed by atoms with van der Waals surface area (Å²) in [4.78, 5) is 3.54. The summed E-state index contributed by atoms with van der Waals surface area (Å²) in [5.74, 6) is -1.93. The molecule has 1 aromatic carbocycles. The summed E-state index contributed by atoms with van der Waals surface area (Å²) in [5.41, 5.74) is -0.241. The van der Waals surface area contributed by atoms with Crippen LogP contribution in [0.4, 0.5) is 14.5 Å². The molecule has 0 saturated heterocycles. The summed E-state index contributed by atoms with van der Waals surface area (Å²) in [6.07, 6.45) is 1.36. The highest BCUT2D eigenvalue weighted by atomic mass is 79.9. The van der Waals surface area contributed by atoms with Gasteiger partial charge < -0.3 is 4.74 Å². The highest BCUT2D eigenvalue weighted by molar-refractivity contribution is 9.10. The van der Waals surface area contributed by atoms with E-state index in [1.54, 1.807) is 0 Å². The molecule has 1 aromatic heterocycles. The normalized spacial score (nSPS) is 11.2. The Balaban J connectivity index is 2.45. The highest BCUT2D eigenvalue weighted by Crippen LogP contribution is 2.27. The lowest BCUT2D eigenvalue weighted by atomic mass is 10.3. The zero-order valence-corrected chi connectivity index (χ0v) is 13.0. The maximum absolute atomic E-state index is 13.1. The first-order valence-electron chi connectivity index (χ1n) is 5.50. The number of rotatable bonds is 4. The number of halogens is 3. The second-order valence-electron chi connectivity index (χ2n) is 3.92. The molecule has 0 fully saturated rings. The Kier molecular flexibility index (Phi) is 4.43. The topological polar surface area (TPSA) is 68.3 Å². The quantitative estimate of drug-likeness (QED) is 0.887. The smallest absolute Gasteiger partial charge is 0.267 e. The van der Waals surface area contributed by atoms with Crippen LogP contribution in [0.3, 0.4) is 0 Å². The van der Waals surface area contributed by atoms with Gasteiger partial charge >= 0.3 is 0 Å². The third-order valence-electron chi connectivity index (χ3n) is 2.38. The lowest BCUT2D eigenvalue weighted by molar-refractivity contribution is 0.385. The van der Waals surface area contributed by atoms with E-state index >= 15 is 0 Å². The van der Waals surface area contributed by atoms with Gasteiger partial charge in [0.2, 0.25) is 5.88 Å². The number of anilines is 1. The molecule has 2 aromatic rings. The second kappa shape index (κ2) is 5.94. The molecule has 0 amide bonds. The molecule has 112 valence electrons. The maximum atomic E-state index is 13.1. The Labute approximate surface area is 128 Å². The first-order valence-corrected chi connectivity index (χ1v) is 7.78. The van der Waals surface area contributed by atoms with Gasteiger partial charge in [-0.2, -0.15) is 0 Å². The minimum Gasteiger partial charge on any atom is -0.480 e. The van der Waals surface area contributed by atoms with Gasteiger partial charge in [-0.15, -0.1) is 0 Å². The fourth-order valence-corrected chi connectivity index (χ4v) is 3.25. The van der Waals surface area contributed by atoms with Crippen LogP contribution in [0.5, 0.6) is 5.88 Å². The van der Waals surface area contributed by atoms with Gasteiger partial charge in [0.05, 0.1) is 12.8 Å². The van der Waals surface area contributed by atoms with E-state index in [4.69, 9.17) is 4.74 Å². The molecule has 0 saturated carbocycles. The fourth-order valence-electron chi connectivity index (χ4n) is 1.58. The third-order valence-corrected chi connectivity index (χ3v) is 4.19. The lowest BCUT2D eigenvalue weighted by Gasteiger charge is -2.11. The van der Waals surface area contributed by atoms with Crippen LogP contribution in [-0.2, 0) is 10.0 Å². The van der Waals surface area contributed by atoms with Gasteiger partial charge in [-0.05, 0) is 34.1 Å². The predicted molar refractivity (Wildman–Crippen MR) is 75.7 cm³/mol. The zero-order chi connectivity index (χ0) is 15.6. The molecule has 0 aliphatic heterocycles. The molecule has 1 heterocycles. The molecule has 0 atom stereocenters. The zero-order valence-electron chi connectivity index (χ0n) is 10.6. The Morgan fingerprint density at radius 1 is 1.19 bits per heavy atom. The van der Waals surface area contributed by atoms with E-state index in [0.717, 1.165) is 12.1 Å². The van der Waals surface area contributed by atoms with E-state index in [1.807, 2.05) is 0 Å². The van der Waals surface area contributed by atoms with E-state index in [2.05, 4.69) is 25.6 Å². The molecule has 0 aliphatic carbocycles. The van der Waals surface area contributed by atoms with Crippen LogP contribution in [0.2, 0.25) is 0 Å². The van der Waals surface area contributed by atoms with Crippen LogP contribution in [-0.4, -0.2) is 20.5 Å². The first kappa shape index (κ1) is 15.6. The summed E-state index contributed by atoms with van der Waals surface area (Å²) in [6, 6.07) is 3.62. The molecular weight excluding hydrogens is 370 g/mol. The van der Waals surface area contributed by atoms with Gasteiger partial charge in [-0.3, -0.25) is 4.72 Å². The van der Waals surface area contributed by atoms with Crippen LogP contribution in [0, 0.1) is 11.6 Å². The van der Waals surface area contributed by atoms with Crippen LogP contribution in [0.15, 0.2) is 39.8 Å².